The van der Waals surface area contributed by atoms with Crippen LogP contribution in [0.15, 0.2) is 64.9 Å². The van der Waals surface area contributed by atoms with Crippen molar-refractivity contribution in [1.82, 2.24) is 15.0 Å². The zero-order chi connectivity index (χ0) is 23.4. The number of benzene rings is 1. The number of nitrogens with one attached hydrogen (secondary N) is 2. The molecule has 170 valence electrons. The lowest BCUT2D eigenvalue weighted by Gasteiger charge is -2.15. The first-order valence-electron chi connectivity index (χ1n) is 9.89. The van der Waals surface area contributed by atoms with E-state index in [9.17, 15) is 14.0 Å². The quantitative estimate of drug-likeness (QED) is 0.504. The highest BCUT2D eigenvalue weighted by atomic mass is 32.2. The van der Waals surface area contributed by atoms with E-state index >= 15 is 0 Å². The van der Waals surface area contributed by atoms with Crippen molar-refractivity contribution >= 4 is 29.7 Å². The first-order valence-corrected chi connectivity index (χ1v) is 10.7. The summed E-state index contributed by atoms with van der Waals surface area (Å²) in [6.07, 6.45) is 5.79. The minimum atomic E-state index is -1.16. The molecule has 2 aromatic rings. The molecule has 2 atom stereocenters. The fraction of sp³-hybridized carbons (Fsp3) is 0.182. The molecule has 4 rings (SSSR count). The van der Waals surface area contributed by atoms with Crippen LogP contribution in [0.1, 0.15) is 22.8 Å². The molecule has 0 fully saturated rings. The number of aliphatic carboxylic acids is 1. The number of aromatic nitrogens is 1. The van der Waals surface area contributed by atoms with Gasteiger partial charge in [-0.15, -0.1) is 0 Å². The second-order valence-electron chi connectivity index (χ2n) is 7.10. The highest BCUT2D eigenvalue weighted by Gasteiger charge is 2.23. The highest BCUT2D eigenvalue weighted by molar-refractivity contribution is 7.96. The lowest BCUT2D eigenvalue weighted by molar-refractivity contribution is -0.144. The fourth-order valence-corrected chi connectivity index (χ4v) is 3.62. The summed E-state index contributed by atoms with van der Waals surface area (Å²) in [7, 11) is 0. The summed E-state index contributed by atoms with van der Waals surface area (Å²) in [6.45, 7) is 1.25. The van der Waals surface area contributed by atoms with Gasteiger partial charge >= 0.3 is 5.97 Å². The lowest BCUT2D eigenvalue weighted by atomic mass is 10.1. The second-order valence-corrected chi connectivity index (χ2v) is 7.70. The first kappa shape index (κ1) is 22.5. The Bertz CT molecular complexity index is 1180. The van der Waals surface area contributed by atoms with Gasteiger partial charge in [-0.1, -0.05) is 6.07 Å². The van der Waals surface area contributed by atoms with Gasteiger partial charge in [0.2, 0.25) is 5.88 Å². The van der Waals surface area contributed by atoms with E-state index in [0.29, 0.717) is 5.76 Å². The van der Waals surface area contributed by atoms with Crippen LogP contribution < -0.4 is 19.5 Å². The van der Waals surface area contributed by atoms with Crippen LogP contribution in [0, 0.1) is 5.82 Å². The minimum absolute atomic E-state index is 0.0793. The zero-order valence-corrected chi connectivity index (χ0v) is 18.1. The van der Waals surface area contributed by atoms with Crippen LogP contribution in [-0.2, 0) is 11.3 Å². The number of rotatable bonds is 8. The van der Waals surface area contributed by atoms with Crippen LogP contribution in [-0.4, -0.2) is 39.8 Å². The summed E-state index contributed by atoms with van der Waals surface area (Å²) in [4.78, 5) is 27.8. The minimum Gasteiger partial charge on any atom is -0.479 e. The van der Waals surface area contributed by atoms with Gasteiger partial charge in [0.25, 0.3) is 5.91 Å². The largest absolute Gasteiger partial charge is 0.479 e. The SMILES string of the molecule is C[C@@H](Oc1ccc(CNC(=O)c2cccnc2OC2=CC3NSN=C3C=C2)c(F)c1)C(=O)O. The number of allylic oxidation sites excluding steroid dienone is 1. The highest BCUT2D eigenvalue weighted by Crippen LogP contribution is 2.23. The number of hydrogen-bond acceptors (Lipinski definition) is 8. The van der Waals surface area contributed by atoms with Crippen molar-refractivity contribution in [2.75, 3.05) is 0 Å². The predicted molar refractivity (Wildman–Crippen MR) is 119 cm³/mol. The number of carboxylic acids is 1. The van der Waals surface area contributed by atoms with Gasteiger partial charge < -0.3 is 19.9 Å². The maximum atomic E-state index is 14.4. The van der Waals surface area contributed by atoms with E-state index < -0.39 is 23.8 Å². The van der Waals surface area contributed by atoms with Gasteiger partial charge in [0, 0.05) is 24.4 Å². The number of nitrogens with zero attached hydrogens (tertiary/aromatic N) is 2. The van der Waals surface area contributed by atoms with Crippen LogP contribution in [0.25, 0.3) is 0 Å². The summed E-state index contributed by atoms with van der Waals surface area (Å²) in [5, 5.41) is 11.5. The van der Waals surface area contributed by atoms with Gasteiger partial charge in [0.1, 0.15) is 22.9 Å². The zero-order valence-electron chi connectivity index (χ0n) is 17.3. The standard InChI is InChI=1S/C22H19FN4O5S/c1-12(22(29)30)31-14-5-4-13(17(23)9-14)11-25-20(28)16-3-2-8-24-21(16)32-15-6-7-18-19(10-15)27-33-26-18/h2-10,12,19,27H,11H2,1H3,(H,25,28)(H,29,30)/t12-,19?/m1/s1. The molecule has 11 heteroatoms. The van der Waals surface area contributed by atoms with Crippen molar-refractivity contribution in [3.05, 3.63) is 77.5 Å². The normalized spacial score (nSPS) is 17.5. The Morgan fingerprint density at radius 3 is 2.97 bits per heavy atom. The average molecular weight is 470 g/mol. The molecule has 0 radical (unpaired) electrons. The van der Waals surface area contributed by atoms with Gasteiger partial charge in [-0.05, 0) is 43.4 Å². The lowest BCUT2D eigenvalue weighted by Crippen LogP contribution is -2.27. The van der Waals surface area contributed by atoms with E-state index in [0.717, 1.165) is 11.8 Å². The smallest absolute Gasteiger partial charge is 0.344 e. The molecule has 1 unspecified atom stereocenters. The van der Waals surface area contributed by atoms with Crippen LogP contribution >= 0.6 is 12.1 Å². The van der Waals surface area contributed by atoms with Crippen molar-refractivity contribution < 1.29 is 28.6 Å². The number of carbonyl (C=O) groups excluding carboxylic acids is 1. The topological polar surface area (TPSA) is 122 Å². The molecule has 0 saturated carbocycles. The third-order valence-corrected chi connectivity index (χ3v) is 5.41. The number of halogens is 1. The summed E-state index contributed by atoms with van der Waals surface area (Å²) in [6, 6.07) is 7.02. The Balaban J connectivity index is 1.41. The van der Waals surface area contributed by atoms with Gasteiger partial charge in [0.15, 0.2) is 6.10 Å². The van der Waals surface area contributed by atoms with E-state index in [1.807, 2.05) is 12.2 Å². The molecule has 1 aliphatic carbocycles. The third-order valence-electron chi connectivity index (χ3n) is 4.75. The molecular weight excluding hydrogens is 451 g/mol. The van der Waals surface area contributed by atoms with Crippen molar-refractivity contribution in [2.45, 2.75) is 25.6 Å². The molecule has 2 aliphatic rings. The molecule has 0 bridgehead atoms. The van der Waals surface area contributed by atoms with E-state index in [1.54, 1.807) is 18.2 Å². The molecule has 9 nitrogen and oxygen atoms in total. The Morgan fingerprint density at radius 2 is 2.18 bits per heavy atom. The Kier molecular flexibility index (Phi) is 6.71. The number of amides is 1. The Labute approximate surface area is 192 Å². The van der Waals surface area contributed by atoms with Crippen molar-refractivity contribution in [1.29, 1.82) is 0 Å². The molecule has 1 aromatic heterocycles. The molecule has 1 aliphatic heterocycles. The number of ether oxygens (including phenoxy) is 2. The van der Waals surface area contributed by atoms with Gasteiger partial charge in [0.05, 0.1) is 23.9 Å². The summed E-state index contributed by atoms with van der Waals surface area (Å²) >= 11 is 1.25. The molecule has 0 saturated heterocycles. The number of hydrogen-bond donors (Lipinski definition) is 3. The Hall–Kier alpha value is -3.70. The number of carboxylic acid groups (broad SMARTS) is 1. The molecule has 2 heterocycles. The second kappa shape index (κ2) is 9.84. The number of fused-ring (bicyclic) bond motifs is 1. The molecular formula is C22H19FN4O5S. The van der Waals surface area contributed by atoms with Crippen LogP contribution in [0.5, 0.6) is 11.6 Å². The molecule has 0 spiro atoms. The van der Waals surface area contributed by atoms with Crippen molar-refractivity contribution in [3.63, 3.8) is 0 Å². The van der Waals surface area contributed by atoms with Gasteiger partial charge in [-0.3, -0.25) is 4.79 Å². The average Bonchev–Trinajstić information content (AvgIpc) is 3.26. The van der Waals surface area contributed by atoms with Crippen molar-refractivity contribution in [3.8, 4) is 11.6 Å². The van der Waals surface area contributed by atoms with Crippen LogP contribution in [0.3, 0.4) is 0 Å². The summed E-state index contributed by atoms with van der Waals surface area (Å²) < 4.78 is 32.7. The van der Waals surface area contributed by atoms with Crippen molar-refractivity contribution in [2.24, 2.45) is 4.40 Å². The Morgan fingerprint density at radius 1 is 1.33 bits per heavy atom. The van der Waals surface area contributed by atoms with Gasteiger partial charge in [-0.2, -0.15) is 0 Å². The van der Waals surface area contributed by atoms with E-state index in [-0.39, 0.29) is 35.3 Å². The van der Waals surface area contributed by atoms with E-state index in [1.165, 1.54) is 37.4 Å². The van der Waals surface area contributed by atoms with Gasteiger partial charge in [-0.25, -0.2) is 23.3 Å². The maximum absolute atomic E-state index is 14.4. The summed E-state index contributed by atoms with van der Waals surface area (Å²) in [5.41, 5.74) is 1.28. The monoisotopic (exact) mass is 470 g/mol. The molecule has 1 amide bonds. The maximum Gasteiger partial charge on any atom is 0.344 e. The third kappa shape index (κ3) is 5.38. The van der Waals surface area contributed by atoms with Crippen LogP contribution in [0.2, 0.25) is 0 Å². The van der Waals surface area contributed by atoms with E-state index in [4.69, 9.17) is 14.6 Å². The predicted octanol–water partition coefficient (Wildman–Crippen LogP) is 2.81. The van der Waals surface area contributed by atoms with E-state index in [2.05, 4.69) is 19.4 Å². The fourth-order valence-electron chi connectivity index (χ4n) is 2.99. The van der Waals surface area contributed by atoms with Crippen LogP contribution in [0.4, 0.5) is 4.39 Å². The number of pyridine rings is 1. The molecule has 3 N–H and O–H groups in total. The summed E-state index contributed by atoms with van der Waals surface area (Å²) in [5.74, 6) is -1.58. The number of carbonyl (C=O) groups is 2. The first-order chi connectivity index (χ1) is 15.9. The molecule has 33 heavy (non-hydrogen) atoms. The molecule has 1 aromatic carbocycles.